The van der Waals surface area contributed by atoms with Gasteiger partial charge in [-0.05, 0) is 18.9 Å². The third-order valence-electron chi connectivity index (χ3n) is 3.94. The maximum atomic E-state index is 12.2. The second-order valence-electron chi connectivity index (χ2n) is 5.42. The standard InChI is InChI=1S/C15H20N2O2/c1-12-7-8-19-15-11-16(10-14(18)17(12)15)9-13-5-3-2-4-6-13/h2-6,12,15H,7-11H2,1H3/t12-,15+/m1/s1. The molecule has 0 aromatic heterocycles. The van der Waals surface area contributed by atoms with Crippen LogP contribution in [0.4, 0.5) is 0 Å². The molecule has 2 aliphatic heterocycles. The molecule has 2 saturated heterocycles. The molecule has 1 aromatic carbocycles. The number of amides is 1. The summed E-state index contributed by atoms with van der Waals surface area (Å²) in [5.74, 6) is 0.194. The van der Waals surface area contributed by atoms with Crippen molar-refractivity contribution in [2.75, 3.05) is 19.7 Å². The summed E-state index contributed by atoms with van der Waals surface area (Å²) in [4.78, 5) is 16.3. The Bertz CT molecular complexity index is 449. The van der Waals surface area contributed by atoms with E-state index in [2.05, 4.69) is 24.0 Å². The Balaban J connectivity index is 1.68. The van der Waals surface area contributed by atoms with Crippen LogP contribution in [0.3, 0.4) is 0 Å². The molecular weight excluding hydrogens is 240 g/mol. The molecule has 4 heteroatoms. The fourth-order valence-corrected chi connectivity index (χ4v) is 2.95. The summed E-state index contributed by atoms with van der Waals surface area (Å²) >= 11 is 0. The Labute approximate surface area is 113 Å². The maximum Gasteiger partial charge on any atom is 0.239 e. The van der Waals surface area contributed by atoms with E-state index in [0.717, 1.165) is 26.1 Å². The molecular formula is C15H20N2O2. The van der Waals surface area contributed by atoms with Crippen LogP contribution in [0.5, 0.6) is 0 Å². The van der Waals surface area contributed by atoms with Gasteiger partial charge in [-0.1, -0.05) is 30.3 Å². The normalized spacial score (nSPS) is 28.3. The van der Waals surface area contributed by atoms with Gasteiger partial charge in [-0.3, -0.25) is 9.69 Å². The van der Waals surface area contributed by atoms with Crippen LogP contribution in [0.1, 0.15) is 18.9 Å². The molecule has 0 bridgehead atoms. The zero-order valence-electron chi connectivity index (χ0n) is 11.3. The van der Waals surface area contributed by atoms with Gasteiger partial charge in [0.25, 0.3) is 0 Å². The van der Waals surface area contributed by atoms with E-state index in [1.54, 1.807) is 0 Å². The molecule has 0 N–H and O–H groups in total. The van der Waals surface area contributed by atoms with Crippen LogP contribution in [-0.4, -0.2) is 47.7 Å². The molecule has 2 aliphatic rings. The van der Waals surface area contributed by atoms with Gasteiger partial charge in [0.2, 0.25) is 5.91 Å². The highest BCUT2D eigenvalue weighted by Gasteiger charge is 2.38. The minimum absolute atomic E-state index is 0.0614. The SMILES string of the molecule is C[C@@H]1CCO[C@H]2CN(Cc3ccccc3)CC(=O)N12. The largest absolute Gasteiger partial charge is 0.357 e. The molecule has 19 heavy (non-hydrogen) atoms. The van der Waals surface area contributed by atoms with Crippen LogP contribution < -0.4 is 0 Å². The quantitative estimate of drug-likeness (QED) is 0.807. The van der Waals surface area contributed by atoms with Crippen molar-refractivity contribution in [2.24, 2.45) is 0 Å². The lowest BCUT2D eigenvalue weighted by Gasteiger charge is -2.46. The fourth-order valence-electron chi connectivity index (χ4n) is 2.95. The van der Waals surface area contributed by atoms with Gasteiger partial charge in [0.05, 0.1) is 13.2 Å². The van der Waals surface area contributed by atoms with Gasteiger partial charge < -0.3 is 9.64 Å². The molecule has 2 heterocycles. The Morgan fingerprint density at radius 2 is 2.11 bits per heavy atom. The number of rotatable bonds is 2. The van der Waals surface area contributed by atoms with E-state index in [-0.39, 0.29) is 12.1 Å². The average molecular weight is 260 g/mol. The van der Waals surface area contributed by atoms with Gasteiger partial charge >= 0.3 is 0 Å². The molecule has 102 valence electrons. The molecule has 0 saturated carbocycles. The third-order valence-corrected chi connectivity index (χ3v) is 3.94. The molecule has 2 fully saturated rings. The van der Waals surface area contributed by atoms with Crippen molar-refractivity contribution in [1.29, 1.82) is 0 Å². The lowest BCUT2D eigenvalue weighted by molar-refractivity contribution is -0.179. The van der Waals surface area contributed by atoms with Crippen molar-refractivity contribution >= 4 is 5.91 Å². The predicted octanol–water partition coefficient (Wildman–Crippen LogP) is 1.47. The molecule has 3 rings (SSSR count). The first kappa shape index (κ1) is 12.6. The van der Waals surface area contributed by atoms with Crippen molar-refractivity contribution in [2.45, 2.75) is 32.2 Å². The topological polar surface area (TPSA) is 32.8 Å². The van der Waals surface area contributed by atoms with E-state index in [0.29, 0.717) is 12.6 Å². The van der Waals surface area contributed by atoms with Gasteiger partial charge in [0, 0.05) is 19.1 Å². The summed E-state index contributed by atoms with van der Waals surface area (Å²) in [5, 5.41) is 0. The van der Waals surface area contributed by atoms with Gasteiger partial charge in [-0.15, -0.1) is 0 Å². The lowest BCUT2D eigenvalue weighted by Crippen LogP contribution is -2.62. The number of piperazine rings is 1. The first-order chi connectivity index (χ1) is 9.24. The molecule has 0 unspecified atom stereocenters. The van der Waals surface area contributed by atoms with Crippen LogP contribution in [0.25, 0.3) is 0 Å². The summed E-state index contributed by atoms with van der Waals surface area (Å²) in [6.07, 6.45) is 0.884. The maximum absolute atomic E-state index is 12.2. The van der Waals surface area contributed by atoms with E-state index in [1.165, 1.54) is 5.56 Å². The summed E-state index contributed by atoms with van der Waals surface area (Å²) in [6, 6.07) is 10.6. The number of hydrogen-bond donors (Lipinski definition) is 0. The molecule has 0 spiro atoms. The monoisotopic (exact) mass is 260 g/mol. The summed E-state index contributed by atoms with van der Waals surface area (Å²) in [5.41, 5.74) is 1.24. The molecule has 0 aliphatic carbocycles. The van der Waals surface area contributed by atoms with Crippen molar-refractivity contribution in [3.05, 3.63) is 35.9 Å². The van der Waals surface area contributed by atoms with Crippen molar-refractivity contribution in [3.8, 4) is 0 Å². The highest BCUT2D eigenvalue weighted by molar-refractivity contribution is 5.79. The minimum atomic E-state index is -0.0614. The first-order valence-electron chi connectivity index (χ1n) is 6.93. The number of hydrogen-bond acceptors (Lipinski definition) is 3. The predicted molar refractivity (Wildman–Crippen MR) is 72.4 cm³/mol. The molecule has 0 radical (unpaired) electrons. The second kappa shape index (κ2) is 5.31. The second-order valence-corrected chi connectivity index (χ2v) is 5.42. The van der Waals surface area contributed by atoms with Crippen LogP contribution in [0.15, 0.2) is 30.3 Å². The Hall–Kier alpha value is -1.39. The zero-order chi connectivity index (χ0) is 13.2. The average Bonchev–Trinajstić information content (AvgIpc) is 2.39. The van der Waals surface area contributed by atoms with Gasteiger partial charge in [-0.25, -0.2) is 0 Å². The van der Waals surface area contributed by atoms with Crippen LogP contribution in [0.2, 0.25) is 0 Å². The summed E-state index contributed by atoms with van der Waals surface area (Å²) in [6.45, 7) is 4.99. The van der Waals surface area contributed by atoms with E-state index >= 15 is 0 Å². The Kier molecular flexibility index (Phi) is 3.53. The Morgan fingerprint density at radius 3 is 2.89 bits per heavy atom. The highest BCUT2D eigenvalue weighted by atomic mass is 16.5. The molecule has 2 atom stereocenters. The number of carbonyl (C=O) groups excluding carboxylic acids is 1. The van der Waals surface area contributed by atoms with Crippen molar-refractivity contribution in [1.82, 2.24) is 9.80 Å². The number of carbonyl (C=O) groups is 1. The summed E-state index contributed by atoms with van der Waals surface area (Å²) in [7, 11) is 0. The lowest BCUT2D eigenvalue weighted by atomic mass is 10.1. The van der Waals surface area contributed by atoms with Crippen molar-refractivity contribution < 1.29 is 9.53 Å². The van der Waals surface area contributed by atoms with Crippen molar-refractivity contribution in [3.63, 3.8) is 0 Å². The van der Waals surface area contributed by atoms with Crippen LogP contribution in [-0.2, 0) is 16.1 Å². The van der Waals surface area contributed by atoms with Gasteiger partial charge in [0.1, 0.15) is 6.23 Å². The number of ether oxygens (including phenoxy) is 1. The number of benzene rings is 1. The van der Waals surface area contributed by atoms with E-state index in [9.17, 15) is 4.79 Å². The first-order valence-corrected chi connectivity index (χ1v) is 6.93. The van der Waals surface area contributed by atoms with E-state index in [1.807, 2.05) is 23.1 Å². The van der Waals surface area contributed by atoms with E-state index < -0.39 is 0 Å². The van der Waals surface area contributed by atoms with Crippen LogP contribution in [0, 0.1) is 0 Å². The minimum Gasteiger partial charge on any atom is -0.357 e. The Morgan fingerprint density at radius 1 is 1.32 bits per heavy atom. The number of nitrogens with zero attached hydrogens (tertiary/aromatic N) is 2. The third kappa shape index (κ3) is 2.65. The fraction of sp³-hybridized carbons (Fsp3) is 0.533. The highest BCUT2D eigenvalue weighted by Crippen LogP contribution is 2.23. The van der Waals surface area contributed by atoms with Gasteiger partial charge in [-0.2, -0.15) is 0 Å². The van der Waals surface area contributed by atoms with E-state index in [4.69, 9.17) is 4.74 Å². The molecule has 1 aromatic rings. The molecule has 1 amide bonds. The van der Waals surface area contributed by atoms with Crippen LogP contribution >= 0.6 is 0 Å². The zero-order valence-corrected chi connectivity index (χ0v) is 11.3. The smallest absolute Gasteiger partial charge is 0.239 e. The molecule has 4 nitrogen and oxygen atoms in total. The van der Waals surface area contributed by atoms with Gasteiger partial charge in [0.15, 0.2) is 0 Å². The summed E-state index contributed by atoms with van der Waals surface area (Å²) < 4.78 is 5.75. The number of fused-ring (bicyclic) bond motifs is 1.